The highest BCUT2D eigenvalue weighted by atomic mass is 16.7. The van der Waals surface area contributed by atoms with Crippen LogP contribution in [0.3, 0.4) is 0 Å². The standard InChI is InChI=1S/C37H40N2O5/c1-3-21-42-37(41)38-23-32-11-7-8-12-34(32)29-17-19-31(20-18-29)36-43-33(25-39(2)24-27-9-5-4-6-10-27)22-35(44-36)30-15-13-28(26-40)14-16-30/h3-20,33,35-36,40H,1,21-26H2,2H3,(H,38,41). The van der Waals surface area contributed by atoms with Crippen molar-refractivity contribution in [2.24, 2.45) is 0 Å². The number of ether oxygens (including phenoxy) is 3. The predicted octanol–water partition coefficient (Wildman–Crippen LogP) is 6.94. The summed E-state index contributed by atoms with van der Waals surface area (Å²) in [6.45, 7) is 5.68. The summed E-state index contributed by atoms with van der Waals surface area (Å²) >= 11 is 0. The van der Waals surface area contributed by atoms with E-state index in [1.54, 1.807) is 0 Å². The van der Waals surface area contributed by atoms with E-state index in [9.17, 15) is 9.90 Å². The third-order valence-corrected chi connectivity index (χ3v) is 7.69. The van der Waals surface area contributed by atoms with Gasteiger partial charge in [-0.05, 0) is 40.4 Å². The molecule has 4 aromatic carbocycles. The largest absolute Gasteiger partial charge is 0.445 e. The first kappa shape index (κ1) is 31.2. The molecule has 44 heavy (non-hydrogen) atoms. The summed E-state index contributed by atoms with van der Waals surface area (Å²) in [5.41, 5.74) is 7.16. The van der Waals surface area contributed by atoms with Crippen LogP contribution < -0.4 is 5.32 Å². The molecule has 1 heterocycles. The van der Waals surface area contributed by atoms with E-state index in [0.717, 1.165) is 52.9 Å². The summed E-state index contributed by atoms with van der Waals surface area (Å²) in [5, 5.41) is 12.3. The van der Waals surface area contributed by atoms with Crippen molar-refractivity contribution in [2.45, 2.75) is 44.6 Å². The van der Waals surface area contributed by atoms with Crippen LogP contribution in [0.1, 0.15) is 46.6 Å². The zero-order chi connectivity index (χ0) is 30.7. The second kappa shape index (κ2) is 15.5. The quantitative estimate of drug-likeness (QED) is 0.174. The fourth-order valence-corrected chi connectivity index (χ4v) is 5.47. The maximum atomic E-state index is 12.0. The van der Waals surface area contributed by atoms with E-state index < -0.39 is 12.4 Å². The molecule has 0 aromatic heterocycles. The third-order valence-electron chi connectivity index (χ3n) is 7.69. The molecule has 7 nitrogen and oxygen atoms in total. The molecule has 4 aromatic rings. The van der Waals surface area contributed by atoms with E-state index in [-0.39, 0.29) is 25.4 Å². The number of benzene rings is 4. The minimum absolute atomic E-state index is 0.00931. The number of likely N-dealkylation sites (N-methyl/N-ethyl adjacent to an activating group) is 1. The van der Waals surface area contributed by atoms with Crippen molar-refractivity contribution in [1.82, 2.24) is 10.2 Å². The summed E-state index contributed by atoms with van der Waals surface area (Å²) in [7, 11) is 2.12. The zero-order valence-corrected chi connectivity index (χ0v) is 25.1. The first-order valence-electron chi connectivity index (χ1n) is 14.9. The average Bonchev–Trinajstić information content (AvgIpc) is 3.07. The molecule has 1 amide bonds. The molecule has 0 spiro atoms. The van der Waals surface area contributed by atoms with Gasteiger partial charge in [-0.25, -0.2) is 4.79 Å². The molecule has 228 valence electrons. The van der Waals surface area contributed by atoms with Gasteiger partial charge in [0.15, 0.2) is 6.29 Å². The van der Waals surface area contributed by atoms with E-state index in [2.05, 4.69) is 60.2 Å². The molecule has 1 fully saturated rings. The van der Waals surface area contributed by atoms with E-state index in [1.807, 2.05) is 66.7 Å². The Balaban J connectivity index is 1.32. The SMILES string of the molecule is C=CCOC(=O)NCc1ccccc1-c1ccc(C2OC(CN(C)Cc3ccccc3)CC(c3ccc(CO)cc3)O2)cc1. The lowest BCUT2D eigenvalue weighted by molar-refractivity contribution is -0.252. The van der Waals surface area contributed by atoms with Crippen LogP contribution in [0, 0.1) is 0 Å². The number of rotatable bonds is 12. The van der Waals surface area contributed by atoms with Crippen molar-refractivity contribution in [2.75, 3.05) is 20.2 Å². The molecule has 7 heteroatoms. The lowest BCUT2D eigenvalue weighted by Crippen LogP contribution is -2.37. The number of nitrogens with zero attached hydrogens (tertiary/aromatic N) is 1. The Bertz CT molecular complexity index is 1490. The van der Waals surface area contributed by atoms with Gasteiger partial charge in [0, 0.05) is 31.6 Å². The minimum atomic E-state index is -0.535. The second-order valence-electron chi connectivity index (χ2n) is 11.1. The Morgan fingerprint density at radius 1 is 0.932 bits per heavy atom. The Morgan fingerprint density at radius 3 is 2.36 bits per heavy atom. The summed E-state index contributed by atoms with van der Waals surface area (Å²) in [6.07, 6.45) is 1.05. The number of hydrogen-bond donors (Lipinski definition) is 2. The molecule has 2 N–H and O–H groups in total. The van der Waals surface area contributed by atoms with Gasteiger partial charge >= 0.3 is 6.09 Å². The molecule has 0 aliphatic carbocycles. The number of nitrogens with one attached hydrogen (secondary N) is 1. The van der Waals surface area contributed by atoms with Crippen LogP contribution in [-0.4, -0.2) is 42.4 Å². The van der Waals surface area contributed by atoms with Crippen molar-refractivity contribution in [3.05, 3.63) is 144 Å². The topological polar surface area (TPSA) is 80.3 Å². The molecular formula is C37H40N2O5. The maximum Gasteiger partial charge on any atom is 0.407 e. The summed E-state index contributed by atoms with van der Waals surface area (Å²) in [4.78, 5) is 14.3. The minimum Gasteiger partial charge on any atom is -0.445 e. The maximum absolute atomic E-state index is 12.0. The first-order chi connectivity index (χ1) is 21.5. The highest BCUT2D eigenvalue weighted by molar-refractivity contribution is 5.70. The number of alkyl carbamates (subject to hydrolysis) is 1. The van der Waals surface area contributed by atoms with Crippen molar-refractivity contribution < 1.29 is 24.1 Å². The van der Waals surface area contributed by atoms with E-state index >= 15 is 0 Å². The van der Waals surface area contributed by atoms with Crippen molar-refractivity contribution in [3.8, 4) is 11.1 Å². The fourth-order valence-electron chi connectivity index (χ4n) is 5.47. The normalized spacial score (nSPS) is 18.1. The Morgan fingerprint density at radius 2 is 1.64 bits per heavy atom. The predicted molar refractivity (Wildman–Crippen MR) is 171 cm³/mol. The number of carbonyl (C=O) groups excluding carboxylic acids is 1. The van der Waals surface area contributed by atoms with Gasteiger partial charge in [0.25, 0.3) is 0 Å². The molecule has 1 aliphatic heterocycles. The first-order valence-corrected chi connectivity index (χ1v) is 14.9. The highest BCUT2D eigenvalue weighted by Crippen LogP contribution is 2.39. The molecular weight excluding hydrogens is 552 g/mol. The van der Waals surface area contributed by atoms with Crippen LogP contribution in [0.25, 0.3) is 11.1 Å². The lowest BCUT2D eigenvalue weighted by Gasteiger charge is -2.38. The van der Waals surface area contributed by atoms with Crippen LogP contribution in [0.5, 0.6) is 0 Å². The second-order valence-corrected chi connectivity index (χ2v) is 11.1. The number of carbonyl (C=O) groups is 1. The zero-order valence-electron chi connectivity index (χ0n) is 25.1. The monoisotopic (exact) mass is 592 g/mol. The molecule has 0 bridgehead atoms. The number of hydrogen-bond acceptors (Lipinski definition) is 6. The summed E-state index contributed by atoms with van der Waals surface area (Å²) < 4.78 is 18.2. The number of amides is 1. The van der Waals surface area contributed by atoms with Crippen molar-refractivity contribution in [1.29, 1.82) is 0 Å². The van der Waals surface area contributed by atoms with Crippen LogP contribution in [0.15, 0.2) is 116 Å². The van der Waals surface area contributed by atoms with Crippen molar-refractivity contribution >= 4 is 6.09 Å². The van der Waals surface area contributed by atoms with Crippen LogP contribution in [0.4, 0.5) is 4.79 Å². The summed E-state index contributed by atoms with van der Waals surface area (Å²) in [5.74, 6) is 0. The van der Waals surface area contributed by atoms with Gasteiger partial charge in [-0.3, -0.25) is 4.90 Å². The van der Waals surface area contributed by atoms with E-state index in [0.29, 0.717) is 6.54 Å². The average molecular weight is 593 g/mol. The Labute approximate surface area is 259 Å². The highest BCUT2D eigenvalue weighted by Gasteiger charge is 2.32. The van der Waals surface area contributed by atoms with Crippen LogP contribution >= 0.6 is 0 Å². The van der Waals surface area contributed by atoms with Crippen LogP contribution in [-0.2, 0) is 33.9 Å². The molecule has 0 radical (unpaired) electrons. The number of aliphatic hydroxyl groups is 1. The van der Waals surface area contributed by atoms with Crippen molar-refractivity contribution in [3.63, 3.8) is 0 Å². The summed E-state index contributed by atoms with van der Waals surface area (Å²) in [6, 6.07) is 34.6. The van der Waals surface area contributed by atoms with Gasteiger partial charge < -0.3 is 24.6 Å². The van der Waals surface area contributed by atoms with Gasteiger partial charge in [0.2, 0.25) is 0 Å². The van der Waals surface area contributed by atoms with Gasteiger partial charge in [0.1, 0.15) is 6.61 Å². The van der Waals surface area contributed by atoms with Gasteiger partial charge in [-0.15, -0.1) is 0 Å². The van der Waals surface area contributed by atoms with Gasteiger partial charge in [-0.1, -0.05) is 116 Å². The molecule has 1 saturated heterocycles. The fraction of sp³-hybridized carbons (Fsp3) is 0.270. The van der Waals surface area contributed by atoms with Gasteiger partial charge in [-0.2, -0.15) is 0 Å². The molecule has 3 unspecified atom stereocenters. The van der Waals surface area contributed by atoms with Crippen LogP contribution in [0.2, 0.25) is 0 Å². The Hall–Kier alpha value is -4.27. The molecule has 5 rings (SSSR count). The van der Waals surface area contributed by atoms with E-state index in [1.165, 1.54) is 11.6 Å². The smallest absolute Gasteiger partial charge is 0.407 e. The van der Waals surface area contributed by atoms with E-state index in [4.69, 9.17) is 14.2 Å². The Kier molecular flexibility index (Phi) is 10.9. The lowest BCUT2D eigenvalue weighted by atomic mass is 9.97. The van der Waals surface area contributed by atoms with Gasteiger partial charge in [0.05, 0.1) is 18.8 Å². The number of aliphatic hydroxyl groups excluding tert-OH is 1. The molecule has 0 saturated carbocycles. The molecule has 3 atom stereocenters. The third kappa shape index (κ3) is 8.42. The molecule has 1 aliphatic rings.